The van der Waals surface area contributed by atoms with Crippen molar-refractivity contribution < 1.29 is 0 Å². The quantitative estimate of drug-likeness (QED) is 0.153. The van der Waals surface area contributed by atoms with Gasteiger partial charge in [0.05, 0.1) is 0 Å². The third-order valence-electron chi connectivity index (χ3n) is 12.3. The second-order valence-corrected chi connectivity index (χ2v) is 17.4. The fourth-order valence-electron chi connectivity index (χ4n) is 9.02. The Bertz CT molecular complexity index is 3690. The molecular formula is C61H39N3S. The normalized spacial score (nSPS) is 11.4. The molecule has 0 saturated carbocycles. The second kappa shape index (κ2) is 16.4. The molecule has 2 heterocycles. The van der Waals surface area contributed by atoms with E-state index in [1.54, 1.807) is 11.3 Å². The molecule has 0 saturated heterocycles. The Morgan fingerprint density at radius 2 is 0.723 bits per heavy atom. The number of fused-ring (bicyclic) bond motifs is 4. The number of hydrogen-bond acceptors (Lipinski definition) is 4. The van der Waals surface area contributed by atoms with Crippen molar-refractivity contribution in [1.29, 1.82) is 0 Å². The summed E-state index contributed by atoms with van der Waals surface area (Å²) >= 11 is 1.79. The standard InChI is InChI=1S/C61H39N3S/c1-4-15-40(16-5-1)50-37-51(43-29-27-42(28-30-43)48-32-31-41-17-10-11-22-46(41)35-48)39-52(38-50)47-23-14-24-49(36-47)60-62-59(45-20-8-3-9-21-45)63-61(64-60)55-34-33-53(44-18-6-2-7-19-44)57-54-25-12-13-26-56(54)65-58(55)57/h1-39H. The summed E-state index contributed by atoms with van der Waals surface area (Å²) < 4.78 is 2.39. The molecule has 0 atom stereocenters. The van der Waals surface area contributed by atoms with Gasteiger partial charge in [0.2, 0.25) is 0 Å². The lowest BCUT2D eigenvalue weighted by Crippen LogP contribution is -2.00. The molecule has 0 spiro atoms. The smallest absolute Gasteiger partial charge is 0.165 e. The van der Waals surface area contributed by atoms with Crippen molar-refractivity contribution in [2.24, 2.45) is 0 Å². The zero-order chi connectivity index (χ0) is 43.1. The van der Waals surface area contributed by atoms with Gasteiger partial charge in [-0.3, -0.25) is 0 Å². The Morgan fingerprint density at radius 1 is 0.262 bits per heavy atom. The molecule has 0 amide bonds. The summed E-state index contributed by atoms with van der Waals surface area (Å²) in [6, 6.07) is 84.3. The predicted molar refractivity (Wildman–Crippen MR) is 274 cm³/mol. The van der Waals surface area contributed by atoms with Crippen molar-refractivity contribution in [2.75, 3.05) is 0 Å². The molecule has 0 N–H and O–H groups in total. The monoisotopic (exact) mass is 845 g/mol. The van der Waals surface area contributed by atoms with Crippen LogP contribution in [0.3, 0.4) is 0 Å². The molecule has 12 rings (SSSR count). The second-order valence-electron chi connectivity index (χ2n) is 16.4. The average molecular weight is 846 g/mol. The number of hydrogen-bond donors (Lipinski definition) is 0. The molecule has 3 nitrogen and oxygen atoms in total. The minimum Gasteiger partial charge on any atom is -0.208 e. The van der Waals surface area contributed by atoms with Crippen molar-refractivity contribution in [1.82, 2.24) is 15.0 Å². The van der Waals surface area contributed by atoms with Crippen LogP contribution < -0.4 is 0 Å². The van der Waals surface area contributed by atoms with E-state index in [1.807, 2.05) is 18.2 Å². The summed E-state index contributed by atoms with van der Waals surface area (Å²) in [6.45, 7) is 0. The predicted octanol–water partition coefficient (Wildman–Crippen LogP) is 16.7. The van der Waals surface area contributed by atoms with Crippen molar-refractivity contribution >= 4 is 42.3 Å². The van der Waals surface area contributed by atoms with Gasteiger partial charge in [-0.1, -0.05) is 194 Å². The van der Waals surface area contributed by atoms with Crippen LogP contribution in [0.15, 0.2) is 237 Å². The molecule has 0 aliphatic carbocycles. The molecule has 12 aromatic rings. The molecule has 4 heteroatoms. The largest absolute Gasteiger partial charge is 0.208 e. The molecule has 0 unspecified atom stereocenters. The van der Waals surface area contributed by atoms with Gasteiger partial charge >= 0.3 is 0 Å². The van der Waals surface area contributed by atoms with Crippen LogP contribution in [-0.4, -0.2) is 15.0 Å². The van der Waals surface area contributed by atoms with E-state index in [2.05, 4.69) is 218 Å². The van der Waals surface area contributed by atoms with Crippen molar-refractivity contribution in [3.63, 3.8) is 0 Å². The van der Waals surface area contributed by atoms with Crippen molar-refractivity contribution in [3.8, 4) is 89.8 Å². The number of nitrogens with zero attached hydrogens (tertiary/aromatic N) is 3. The summed E-state index contributed by atoms with van der Waals surface area (Å²) in [5.41, 5.74) is 14.5. The Balaban J connectivity index is 0.981. The minimum absolute atomic E-state index is 0.626. The van der Waals surface area contributed by atoms with Gasteiger partial charge < -0.3 is 0 Å². The van der Waals surface area contributed by atoms with E-state index >= 15 is 0 Å². The van der Waals surface area contributed by atoms with Crippen molar-refractivity contribution in [2.45, 2.75) is 0 Å². The van der Waals surface area contributed by atoms with Gasteiger partial charge in [-0.15, -0.1) is 11.3 Å². The first kappa shape index (κ1) is 38.4. The fourth-order valence-corrected chi connectivity index (χ4v) is 10.3. The van der Waals surface area contributed by atoms with E-state index in [9.17, 15) is 0 Å². The van der Waals surface area contributed by atoms with E-state index in [0.29, 0.717) is 17.5 Å². The van der Waals surface area contributed by atoms with E-state index < -0.39 is 0 Å². The van der Waals surface area contributed by atoms with Crippen LogP contribution in [0.25, 0.3) is 121 Å². The van der Waals surface area contributed by atoms with Crippen LogP contribution in [-0.2, 0) is 0 Å². The number of rotatable bonds is 8. The minimum atomic E-state index is 0.626. The fraction of sp³-hybridized carbons (Fsp3) is 0. The summed E-state index contributed by atoms with van der Waals surface area (Å²) in [5, 5.41) is 4.94. The Hall–Kier alpha value is -8.31. The highest BCUT2D eigenvalue weighted by molar-refractivity contribution is 7.26. The summed E-state index contributed by atoms with van der Waals surface area (Å²) in [7, 11) is 0. The third kappa shape index (κ3) is 7.36. The highest BCUT2D eigenvalue weighted by Gasteiger charge is 2.20. The highest BCUT2D eigenvalue weighted by Crippen LogP contribution is 2.45. The topological polar surface area (TPSA) is 38.7 Å². The van der Waals surface area contributed by atoms with Crippen LogP contribution in [0, 0.1) is 0 Å². The van der Waals surface area contributed by atoms with Gasteiger partial charge in [-0.05, 0) is 109 Å². The third-order valence-corrected chi connectivity index (χ3v) is 13.5. The summed E-state index contributed by atoms with van der Waals surface area (Å²) in [6.07, 6.45) is 0. The Kier molecular flexibility index (Phi) is 9.70. The van der Waals surface area contributed by atoms with Crippen LogP contribution in [0.4, 0.5) is 0 Å². The molecule has 2 aromatic heterocycles. The average Bonchev–Trinajstić information content (AvgIpc) is 3.79. The SMILES string of the molecule is c1ccc(-c2cc(-c3ccc(-c4ccc5ccccc5c4)cc3)cc(-c3cccc(-c4nc(-c5ccccc5)nc(-c5ccc(-c6ccccc6)c6c5sc5ccccc56)n4)c3)c2)cc1. The van der Waals surface area contributed by atoms with Crippen molar-refractivity contribution in [3.05, 3.63) is 237 Å². The molecular weight excluding hydrogens is 807 g/mol. The maximum absolute atomic E-state index is 5.32. The van der Waals surface area contributed by atoms with Crippen LogP contribution in [0.1, 0.15) is 0 Å². The van der Waals surface area contributed by atoms with Crippen LogP contribution in [0.5, 0.6) is 0 Å². The maximum Gasteiger partial charge on any atom is 0.165 e. The molecule has 10 aromatic carbocycles. The number of benzene rings is 10. The van der Waals surface area contributed by atoms with Gasteiger partial charge in [-0.2, -0.15) is 0 Å². The molecule has 0 aliphatic rings. The number of aromatic nitrogens is 3. The molecule has 65 heavy (non-hydrogen) atoms. The first-order chi connectivity index (χ1) is 32.2. The zero-order valence-corrected chi connectivity index (χ0v) is 36.1. The Labute approximate surface area is 381 Å². The molecule has 0 fully saturated rings. The van der Waals surface area contributed by atoms with Crippen LogP contribution in [0.2, 0.25) is 0 Å². The molecule has 0 bridgehead atoms. The van der Waals surface area contributed by atoms with Gasteiger partial charge in [0, 0.05) is 36.9 Å². The van der Waals surface area contributed by atoms with Crippen LogP contribution >= 0.6 is 11.3 Å². The lowest BCUT2D eigenvalue weighted by atomic mass is 9.92. The van der Waals surface area contributed by atoms with E-state index in [-0.39, 0.29) is 0 Å². The summed E-state index contributed by atoms with van der Waals surface area (Å²) in [5.74, 6) is 1.91. The van der Waals surface area contributed by atoms with E-state index in [1.165, 1.54) is 54.1 Å². The highest BCUT2D eigenvalue weighted by atomic mass is 32.1. The molecule has 0 radical (unpaired) electrons. The maximum atomic E-state index is 5.32. The van der Waals surface area contributed by atoms with Gasteiger partial charge in [0.15, 0.2) is 17.5 Å². The van der Waals surface area contributed by atoms with Gasteiger partial charge in [0.25, 0.3) is 0 Å². The summed E-state index contributed by atoms with van der Waals surface area (Å²) in [4.78, 5) is 15.7. The Morgan fingerprint density at radius 3 is 1.45 bits per heavy atom. The van der Waals surface area contributed by atoms with Gasteiger partial charge in [-0.25, -0.2) is 15.0 Å². The van der Waals surface area contributed by atoms with Gasteiger partial charge in [0.1, 0.15) is 0 Å². The molecule has 304 valence electrons. The lowest BCUT2D eigenvalue weighted by Gasteiger charge is -2.13. The van der Waals surface area contributed by atoms with E-state index in [4.69, 9.17) is 15.0 Å². The van der Waals surface area contributed by atoms with E-state index in [0.717, 1.165) is 49.2 Å². The number of thiophene rings is 1. The lowest BCUT2D eigenvalue weighted by molar-refractivity contribution is 1.08. The first-order valence-electron chi connectivity index (χ1n) is 21.9. The molecule has 0 aliphatic heterocycles. The zero-order valence-electron chi connectivity index (χ0n) is 35.3. The first-order valence-corrected chi connectivity index (χ1v) is 22.7.